The maximum absolute atomic E-state index is 13.2. The van der Waals surface area contributed by atoms with Crippen LogP contribution in [-0.4, -0.2) is 39.0 Å². The van der Waals surface area contributed by atoms with E-state index in [4.69, 9.17) is 9.47 Å². The molecule has 4 aromatic rings. The molecule has 2 aromatic carbocycles. The number of hydrogen-bond acceptors (Lipinski definition) is 5. The van der Waals surface area contributed by atoms with E-state index in [1.54, 1.807) is 47.7 Å². The van der Waals surface area contributed by atoms with Gasteiger partial charge in [0.2, 0.25) is 0 Å². The van der Waals surface area contributed by atoms with Crippen molar-refractivity contribution in [1.29, 1.82) is 5.26 Å². The van der Waals surface area contributed by atoms with Gasteiger partial charge < -0.3 is 19.8 Å². The van der Waals surface area contributed by atoms with Gasteiger partial charge in [-0.25, -0.2) is 9.59 Å². The number of rotatable bonds is 5. The van der Waals surface area contributed by atoms with E-state index in [-0.39, 0.29) is 0 Å². The van der Waals surface area contributed by atoms with E-state index in [2.05, 4.69) is 48.2 Å². The van der Waals surface area contributed by atoms with Gasteiger partial charge in [0.1, 0.15) is 11.2 Å². The van der Waals surface area contributed by atoms with E-state index in [1.165, 1.54) is 4.57 Å². The molecule has 4 rings (SSSR count). The molecule has 210 valence electrons. The first kappa shape index (κ1) is 29.7. The van der Waals surface area contributed by atoms with Gasteiger partial charge in [-0.3, -0.25) is 4.57 Å². The molecule has 2 atom stereocenters. The molecule has 0 aliphatic heterocycles. The number of aromatic amines is 1. The van der Waals surface area contributed by atoms with Crippen molar-refractivity contribution in [2.45, 2.75) is 71.1 Å². The zero-order valence-electron chi connectivity index (χ0n) is 23.3. The van der Waals surface area contributed by atoms with E-state index in [0.717, 1.165) is 25.4 Å². The second kappa shape index (κ2) is 11.3. The molecule has 1 amide bonds. The predicted octanol–water partition coefficient (Wildman–Crippen LogP) is 8.17. The summed E-state index contributed by atoms with van der Waals surface area (Å²) in [6, 6.07) is 13.2. The van der Waals surface area contributed by atoms with Crippen molar-refractivity contribution >= 4 is 65.9 Å². The number of alkyl carbamates (subject to hydrolysis) is 1. The number of fused-ring (bicyclic) bond motifs is 2. The number of halogens is 2. The van der Waals surface area contributed by atoms with Crippen LogP contribution in [0, 0.1) is 11.3 Å². The van der Waals surface area contributed by atoms with Gasteiger partial charge in [0, 0.05) is 37.6 Å². The Balaban J connectivity index is 1.81. The Morgan fingerprint density at radius 3 is 2.25 bits per heavy atom. The van der Waals surface area contributed by atoms with Gasteiger partial charge >= 0.3 is 12.2 Å². The average molecular weight is 672 g/mol. The minimum absolute atomic E-state index is 0.342. The molecular weight excluding hydrogens is 640 g/mol. The molecule has 0 fully saturated rings. The summed E-state index contributed by atoms with van der Waals surface area (Å²) in [5, 5.41) is 15.2. The second-order valence-electron chi connectivity index (χ2n) is 11.7. The summed E-state index contributed by atoms with van der Waals surface area (Å²) in [5.41, 5.74) is 1.62. The third-order valence-corrected chi connectivity index (χ3v) is 7.12. The normalized spacial score (nSPS) is 13.6. The Morgan fingerprint density at radius 2 is 1.62 bits per heavy atom. The van der Waals surface area contributed by atoms with Crippen molar-refractivity contribution in [1.82, 2.24) is 14.9 Å². The maximum Gasteiger partial charge on any atom is 0.419 e. The number of nitrogens with zero attached hydrogens (tertiary/aromatic N) is 2. The van der Waals surface area contributed by atoms with Crippen LogP contribution in [-0.2, 0) is 15.9 Å². The first-order chi connectivity index (χ1) is 18.6. The molecule has 0 saturated carbocycles. The van der Waals surface area contributed by atoms with Crippen LogP contribution < -0.4 is 5.32 Å². The summed E-state index contributed by atoms with van der Waals surface area (Å²) in [6.07, 6.45) is 2.68. The van der Waals surface area contributed by atoms with Crippen LogP contribution in [0.5, 0.6) is 0 Å². The summed E-state index contributed by atoms with van der Waals surface area (Å²) in [4.78, 5) is 29.5. The van der Waals surface area contributed by atoms with Crippen LogP contribution in [0.4, 0.5) is 9.59 Å². The second-order valence-corrected chi connectivity index (χ2v) is 13.5. The summed E-state index contributed by atoms with van der Waals surface area (Å²) >= 11 is 6.99. The molecule has 0 aliphatic rings. The van der Waals surface area contributed by atoms with Crippen molar-refractivity contribution in [2.24, 2.45) is 0 Å². The topological polar surface area (TPSA) is 109 Å². The number of benzene rings is 2. The lowest BCUT2D eigenvalue weighted by Crippen LogP contribution is -2.43. The standard InChI is InChI=1S/C30H32Br2N4O4/c1-29(2,3)39-27(37)35-25(11-17-15-34-24-12-18(31)7-9-20(17)24)22(14-33)23-16-36(28(38)40-30(4,5)6)26-13-19(32)8-10-21(23)26/h7-10,12-13,15-16,22,25,34H,11H2,1-6H3,(H,35,37)/t22-,25-/m0/s1. The van der Waals surface area contributed by atoms with E-state index < -0.39 is 35.3 Å². The van der Waals surface area contributed by atoms with Gasteiger partial charge in [0.05, 0.1) is 23.5 Å². The Labute approximate surface area is 250 Å². The number of amides is 1. The number of ether oxygens (including phenoxy) is 2. The maximum atomic E-state index is 13.2. The van der Waals surface area contributed by atoms with Crippen molar-refractivity contribution in [3.05, 3.63) is 68.9 Å². The molecule has 0 saturated heterocycles. The quantitative estimate of drug-likeness (QED) is 0.222. The molecular formula is C30H32Br2N4O4. The van der Waals surface area contributed by atoms with Crippen LogP contribution in [0.1, 0.15) is 58.6 Å². The highest BCUT2D eigenvalue weighted by molar-refractivity contribution is 9.10. The van der Waals surface area contributed by atoms with E-state index in [9.17, 15) is 14.9 Å². The Kier molecular flexibility index (Phi) is 8.38. The van der Waals surface area contributed by atoms with E-state index in [0.29, 0.717) is 22.9 Å². The number of nitrogens with one attached hydrogen (secondary N) is 2. The highest BCUT2D eigenvalue weighted by Crippen LogP contribution is 2.34. The van der Waals surface area contributed by atoms with E-state index in [1.807, 2.05) is 42.6 Å². The molecule has 2 heterocycles. The third kappa shape index (κ3) is 6.88. The smallest absolute Gasteiger partial charge is 0.419 e. The fourth-order valence-corrected chi connectivity index (χ4v) is 5.30. The summed E-state index contributed by atoms with van der Waals surface area (Å²) in [6.45, 7) is 10.7. The Hall–Kier alpha value is -3.29. The molecule has 40 heavy (non-hydrogen) atoms. The number of carbonyl (C=O) groups is 2. The predicted molar refractivity (Wildman–Crippen MR) is 162 cm³/mol. The van der Waals surface area contributed by atoms with Gasteiger partial charge in [-0.2, -0.15) is 5.26 Å². The summed E-state index contributed by atoms with van der Waals surface area (Å²) in [7, 11) is 0. The molecule has 10 heteroatoms. The number of aromatic nitrogens is 2. The monoisotopic (exact) mass is 670 g/mol. The SMILES string of the molecule is CC(C)(C)OC(=O)N[C@@H](Cc1c[nH]c2cc(Br)ccc12)[C@@H](C#N)c1cn(C(=O)OC(C)(C)C)c2cc(Br)ccc12. The van der Waals surface area contributed by atoms with Gasteiger partial charge in [-0.15, -0.1) is 0 Å². The average Bonchev–Trinajstić information content (AvgIpc) is 3.38. The van der Waals surface area contributed by atoms with Gasteiger partial charge in [-0.05, 0) is 83.4 Å². The number of carbonyl (C=O) groups excluding carboxylic acids is 2. The van der Waals surface area contributed by atoms with Crippen LogP contribution in [0.25, 0.3) is 21.8 Å². The Bertz CT molecular complexity index is 1620. The number of H-pyrrole nitrogens is 1. The van der Waals surface area contributed by atoms with E-state index >= 15 is 0 Å². The molecule has 0 aliphatic carbocycles. The lowest BCUT2D eigenvalue weighted by molar-refractivity contribution is 0.0496. The van der Waals surface area contributed by atoms with Crippen molar-refractivity contribution in [3.8, 4) is 6.07 Å². The zero-order valence-corrected chi connectivity index (χ0v) is 26.4. The first-order valence-corrected chi connectivity index (χ1v) is 14.4. The fourth-order valence-electron chi connectivity index (χ4n) is 4.59. The van der Waals surface area contributed by atoms with Crippen LogP contribution in [0.15, 0.2) is 57.7 Å². The third-order valence-electron chi connectivity index (χ3n) is 6.14. The molecule has 2 N–H and O–H groups in total. The van der Waals surface area contributed by atoms with Gasteiger partial charge in [-0.1, -0.05) is 44.0 Å². The summed E-state index contributed by atoms with van der Waals surface area (Å²) in [5.74, 6) is -0.819. The van der Waals surface area contributed by atoms with Gasteiger partial charge in [0.15, 0.2) is 0 Å². The van der Waals surface area contributed by atoms with Crippen molar-refractivity contribution < 1.29 is 19.1 Å². The first-order valence-electron chi connectivity index (χ1n) is 12.8. The molecule has 0 unspecified atom stereocenters. The fraction of sp³-hybridized carbons (Fsp3) is 0.367. The van der Waals surface area contributed by atoms with Gasteiger partial charge in [0.25, 0.3) is 0 Å². The molecule has 0 bridgehead atoms. The zero-order chi connectivity index (χ0) is 29.4. The minimum atomic E-state index is -0.819. The largest absolute Gasteiger partial charge is 0.444 e. The van der Waals surface area contributed by atoms with Crippen molar-refractivity contribution in [2.75, 3.05) is 0 Å². The highest BCUT2D eigenvalue weighted by Gasteiger charge is 2.32. The molecule has 2 aromatic heterocycles. The number of nitriles is 1. The van der Waals surface area contributed by atoms with Crippen LogP contribution >= 0.6 is 31.9 Å². The highest BCUT2D eigenvalue weighted by atomic mass is 79.9. The molecule has 0 spiro atoms. The lowest BCUT2D eigenvalue weighted by atomic mass is 9.88. The minimum Gasteiger partial charge on any atom is -0.444 e. The molecule has 8 nitrogen and oxygen atoms in total. The van der Waals surface area contributed by atoms with Crippen LogP contribution in [0.2, 0.25) is 0 Å². The number of hydrogen-bond donors (Lipinski definition) is 2. The molecule has 0 radical (unpaired) electrons. The van der Waals surface area contributed by atoms with Crippen LogP contribution in [0.3, 0.4) is 0 Å². The summed E-state index contributed by atoms with van der Waals surface area (Å²) < 4.78 is 14.3. The Morgan fingerprint density at radius 1 is 1.00 bits per heavy atom. The van der Waals surface area contributed by atoms with Crippen molar-refractivity contribution in [3.63, 3.8) is 0 Å². The lowest BCUT2D eigenvalue weighted by Gasteiger charge is -2.26.